The van der Waals surface area contributed by atoms with Crippen LogP contribution in [0.1, 0.15) is 6.92 Å². The number of carbonyl (C=O) groups excluding carboxylic acids is 1. The number of thiophene rings is 1. The lowest BCUT2D eigenvalue weighted by Gasteiger charge is -2.15. The summed E-state index contributed by atoms with van der Waals surface area (Å²) in [7, 11) is 1.76. The predicted molar refractivity (Wildman–Crippen MR) is 74.2 cm³/mol. The van der Waals surface area contributed by atoms with E-state index in [1.165, 1.54) is 11.3 Å². The van der Waals surface area contributed by atoms with E-state index < -0.39 is 0 Å². The molecule has 2 heterocycles. The van der Waals surface area contributed by atoms with E-state index in [4.69, 9.17) is 11.6 Å². The molecule has 5 nitrogen and oxygen atoms in total. The van der Waals surface area contributed by atoms with E-state index in [1.807, 2.05) is 18.4 Å². The molecule has 0 atom stereocenters. The van der Waals surface area contributed by atoms with Gasteiger partial charge in [-0.25, -0.2) is 9.97 Å². The highest BCUT2D eigenvalue weighted by Gasteiger charge is 2.10. The lowest BCUT2D eigenvalue weighted by molar-refractivity contribution is -0.127. The minimum absolute atomic E-state index is 0.00983. The largest absolute Gasteiger partial charge is 0.360 e. The minimum Gasteiger partial charge on any atom is -0.360 e. The van der Waals surface area contributed by atoms with Crippen molar-refractivity contribution in [2.75, 3.05) is 25.5 Å². The van der Waals surface area contributed by atoms with Crippen LogP contribution in [0.5, 0.6) is 0 Å². The van der Waals surface area contributed by atoms with Gasteiger partial charge in [0.1, 0.15) is 10.6 Å². The molecule has 2 aromatic rings. The van der Waals surface area contributed by atoms with E-state index in [9.17, 15) is 4.79 Å². The van der Waals surface area contributed by atoms with Crippen molar-refractivity contribution in [2.24, 2.45) is 0 Å². The first-order chi connectivity index (χ1) is 8.61. The Morgan fingerprint density at radius 2 is 2.33 bits per heavy atom. The van der Waals surface area contributed by atoms with Gasteiger partial charge in [0, 0.05) is 13.6 Å². The molecule has 2 rings (SSSR count). The topological polar surface area (TPSA) is 58.1 Å². The molecule has 0 aliphatic heterocycles. The van der Waals surface area contributed by atoms with Gasteiger partial charge in [0.25, 0.3) is 0 Å². The monoisotopic (exact) mass is 284 g/mol. The first-order valence-corrected chi connectivity index (χ1v) is 6.76. The number of rotatable bonds is 4. The number of likely N-dealkylation sites (N-methyl/N-ethyl adjacent to an activating group) is 1. The molecule has 2 aromatic heterocycles. The summed E-state index contributed by atoms with van der Waals surface area (Å²) in [5.74, 6) is 0.611. The average Bonchev–Trinajstić information content (AvgIpc) is 2.82. The Hall–Kier alpha value is -1.40. The van der Waals surface area contributed by atoms with Gasteiger partial charge in [-0.15, -0.1) is 11.3 Å². The number of fused-ring (bicyclic) bond motifs is 1. The zero-order valence-electron chi connectivity index (χ0n) is 10.1. The molecule has 18 heavy (non-hydrogen) atoms. The van der Waals surface area contributed by atoms with Crippen molar-refractivity contribution in [2.45, 2.75) is 6.92 Å². The maximum atomic E-state index is 11.7. The van der Waals surface area contributed by atoms with Crippen LogP contribution in [0.3, 0.4) is 0 Å². The van der Waals surface area contributed by atoms with Crippen LogP contribution in [0.2, 0.25) is 5.28 Å². The fraction of sp³-hybridized carbons (Fsp3) is 0.364. The maximum absolute atomic E-state index is 11.7. The SMILES string of the molecule is CCN(C)C(=O)CNc1nc(Cl)nc2sccc12. The van der Waals surface area contributed by atoms with Crippen LogP contribution in [0, 0.1) is 0 Å². The number of anilines is 1. The van der Waals surface area contributed by atoms with Crippen LogP contribution in [0.4, 0.5) is 5.82 Å². The molecule has 0 fully saturated rings. The van der Waals surface area contributed by atoms with E-state index in [-0.39, 0.29) is 17.7 Å². The molecule has 7 heteroatoms. The fourth-order valence-corrected chi connectivity index (χ4v) is 2.42. The number of hydrogen-bond donors (Lipinski definition) is 1. The summed E-state index contributed by atoms with van der Waals surface area (Å²) in [5.41, 5.74) is 0. The fourth-order valence-electron chi connectivity index (χ4n) is 1.43. The lowest BCUT2D eigenvalue weighted by Crippen LogP contribution is -2.32. The highest BCUT2D eigenvalue weighted by atomic mass is 35.5. The number of carbonyl (C=O) groups is 1. The second kappa shape index (κ2) is 5.49. The lowest BCUT2D eigenvalue weighted by atomic mass is 10.3. The molecule has 0 aromatic carbocycles. The molecule has 0 aliphatic rings. The van der Waals surface area contributed by atoms with Crippen molar-refractivity contribution in [3.63, 3.8) is 0 Å². The molecular formula is C11H13ClN4OS. The van der Waals surface area contributed by atoms with Gasteiger partial charge in [-0.05, 0) is 30.0 Å². The summed E-state index contributed by atoms with van der Waals surface area (Å²) in [6, 6.07) is 1.91. The summed E-state index contributed by atoms with van der Waals surface area (Å²) in [4.78, 5) is 22.4. The Kier molecular flexibility index (Phi) is 3.98. The summed E-state index contributed by atoms with van der Waals surface area (Å²) in [5, 5.41) is 6.00. The van der Waals surface area contributed by atoms with Crippen molar-refractivity contribution < 1.29 is 4.79 Å². The van der Waals surface area contributed by atoms with Crippen molar-refractivity contribution in [3.8, 4) is 0 Å². The molecule has 0 saturated carbocycles. The Labute approximate surface area is 114 Å². The van der Waals surface area contributed by atoms with Gasteiger partial charge in [-0.3, -0.25) is 4.79 Å². The van der Waals surface area contributed by atoms with Crippen molar-refractivity contribution in [1.82, 2.24) is 14.9 Å². The highest BCUT2D eigenvalue weighted by Crippen LogP contribution is 2.26. The van der Waals surface area contributed by atoms with Crippen LogP contribution < -0.4 is 5.32 Å². The van der Waals surface area contributed by atoms with E-state index in [1.54, 1.807) is 11.9 Å². The third-order valence-electron chi connectivity index (χ3n) is 2.60. The van der Waals surface area contributed by atoms with E-state index in [2.05, 4.69) is 15.3 Å². The van der Waals surface area contributed by atoms with E-state index in [0.717, 1.165) is 10.2 Å². The summed E-state index contributed by atoms with van der Waals surface area (Å²) in [6.07, 6.45) is 0. The molecule has 96 valence electrons. The standard InChI is InChI=1S/C11H13ClN4OS/c1-3-16(2)8(17)6-13-9-7-4-5-18-10(7)15-11(12)14-9/h4-5H,3,6H2,1-2H3,(H,13,14,15). The first-order valence-electron chi connectivity index (χ1n) is 5.50. The molecule has 1 N–H and O–H groups in total. The Balaban J connectivity index is 2.16. The molecule has 0 spiro atoms. The van der Waals surface area contributed by atoms with Gasteiger partial charge in [-0.1, -0.05) is 0 Å². The van der Waals surface area contributed by atoms with Crippen LogP contribution >= 0.6 is 22.9 Å². The number of amides is 1. The van der Waals surface area contributed by atoms with Gasteiger partial charge in [0.2, 0.25) is 11.2 Å². The second-order valence-corrected chi connectivity index (χ2v) is 4.97. The Morgan fingerprint density at radius 3 is 3.06 bits per heavy atom. The second-order valence-electron chi connectivity index (χ2n) is 3.74. The van der Waals surface area contributed by atoms with Crippen LogP contribution in [0.15, 0.2) is 11.4 Å². The molecular weight excluding hydrogens is 272 g/mol. The zero-order valence-corrected chi connectivity index (χ0v) is 11.7. The minimum atomic E-state index is 0.00983. The Morgan fingerprint density at radius 1 is 1.56 bits per heavy atom. The number of halogens is 1. The number of hydrogen-bond acceptors (Lipinski definition) is 5. The molecule has 0 radical (unpaired) electrons. The van der Waals surface area contributed by atoms with Gasteiger partial charge in [0.05, 0.1) is 11.9 Å². The quantitative estimate of drug-likeness (QED) is 0.875. The van der Waals surface area contributed by atoms with Gasteiger partial charge >= 0.3 is 0 Å². The van der Waals surface area contributed by atoms with E-state index >= 15 is 0 Å². The number of nitrogens with one attached hydrogen (secondary N) is 1. The number of nitrogens with zero attached hydrogens (tertiary/aromatic N) is 3. The first kappa shape index (κ1) is 13.0. The van der Waals surface area contributed by atoms with Gasteiger partial charge in [-0.2, -0.15) is 0 Å². The maximum Gasteiger partial charge on any atom is 0.241 e. The van der Waals surface area contributed by atoms with Crippen molar-refractivity contribution in [3.05, 3.63) is 16.7 Å². The molecule has 1 amide bonds. The average molecular weight is 285 g/mol. The summed E-state index contributed by atoms with van der Waals surface area (Å²) >= 11 is 7.32. The van der Waals surface area contributed by atoms with Gasteiger partial charge < -0.3 is 10.2 Å². The van der Waals surface area contributed by atoms with Crippen molar-refractivity contribution in [1.29, 1.82) is 0 Å². The van der Waals surface area contributed by atoms with Crippen LogP contribution in [-0.4, -0.2) is 40.9 Å². The van der Waals surface area contributed by atoms with Crippen molar-refractivity contribution >= 4 is 44.9 Å². The zero-order chi connectivity index (χ0) is 13.1. The smallest absolute Gasteiger partial charge is 0.241 e. The summed E-state index contributed by atoms with van der Waals surface area (Å²) < 4.78 is 0. The third kappa shape index (κ3) is 2.70. The molecule has 0 bridgehead atoms. The number of aromatic nitrogens is 2. The van der Waals surface area contributed by atoms with Crippen LogP contribution in [-0.2, 0) is 4.79 Å². The third-order valence-corrected chi connectivity index (χ3v) is 3.58. The predicted octanol–water partition coefficient (Wildman–Crippen LogP) is 2.23. The molecule has 0 saturated heterocycles. The Bertz CT molecular complexity index is 571. The van der Waals surface area contributed by atoms with Crippen LogP contribution in [0.25, 0.3) is 10.2 Å². The van der Waals surface area contributed by atoms with E-state index in [0.29, 0.717) is 12.4 Å². The van der Waals surface area contributed by atoms with Gasteiger partial charge in [0.15, 0.2) is 0 Å². The normalized spacial score (nSPS) is 10.6. The summed E-state index contributed by atoms with van der Waals surface area (Å²) in [6.45, 7) is 2.80. The molecule has 0 unspecified atom stereocenters. The highest BCUT2D eigenvalue weighted by molar-refractivity contribution is 7.16. The molecule has 0 aliphatic carbocycles.